The zero-order chi connectivity index (χ0) is 34.7. The highest BCUT2D eigenvalue weighted by molar-refractivity contribution is 5.96. The SMILES string of the molecule is c1ccc(-c2cc(-c3cccc(-c4cccnc4)c3)cc(-c3nc(-c4ccccc4)nc(-c4ccc(-c5cccc6ccccc56)cc4)n3)c2)cc1. The van der Waals surface area contributed by atoms with Crippen LogP contribution in [0.15, 0.2) is 194 Å². The van der Waals surface area contributed by atoms with Gasteiger partial charge in [0.05, 0.1) is 0 Å². The van der Waals surface area contributed by atoms with Crippen molar-refractivity contribution in [1.82, 2.24) is 19.9 Å². The zero-order valence-corrected chi connectivity index (χ0v) is 28.3. The molecule has 0 aliphatic carbocycles. The Kier molecular flexibility index (Phi) is 8.16. The molecule has 0 spiro atoms. The highest BCUT2D eigenvalue weighted by Gasteiger charge is 2.16. The molecule has 0 N–H and O–H groups in total. The molecule has 244 valence electrons. The molecule has 4 heteroatoms. The van der Waals surface area contributed by atoms with E-state index in [1.807, 2.05) is 48.7 Å². The molecule has 0 saturated heterocycles. The predicted octanol–water partition coefficient (Wildman–Crippen LogP) is 12.1. The van der Waals surface area contributed by atoms with Crippen LogP contribution in [-0.2, 0) is 0 Å². The quantitative estimate of drug-likeness (QED) is 0.170. The predicted molar refractivity (Wildman–Crippen MR) is 213 cm³/mol. The van der Waals surface area contributed by atoms with Crippen LogP contribution in [0, 0.1) is 0 Å². The highest BCUT2D eigenvalue weighted by atomic mass is 15.0. The summed E-state index contributed by atoms with van der Waals surface area (Å²) in [6.07, 6.45) is 3.70. The van der Waals surface area contributed by atoms with Crippen molar-refractivity contribution in [2.45, 2.75) is 0 Å². The van der Waals surface area contributed by atoms with Crippen LogP contribution < -0.4 is 0 Å². The first-order chi connectivity index (χ1) is 25.7. The lowest BCUT2D eigenvalue weighted by molar-refractivity contribution is 1.07. The van der Waals surface area contributed by atoms with E-state index in [2.05, 4.69) is 145 Å². The van der Waals surface area contributed by atoms with Gasteiger partial charge in [-0.25, -0.2) is 15.0 Å². The Balaban J connectivity index is 1.19. The van der Waals surface area contributed by atoms with Gasteiger partial charge in [0.15, 0.2) is 17.5 Å². The van der Waals surface area contributed by atoms with E-state index in [9.17, 15) is 0 Å². The van der Waals surface area contributed by atoms with Gasteiger partial charge >= 0.3 is 0 Å². The topological polar surface area (TPSA) is 51.6 Å². The van der Waals surface area contributed by atoms with E-state index in [1.54, 1.807) is 6.20 Å². The standard InChI is InChI=1S/C48H32N4/c1-3-12-33(13-4-1)41-29-42(39-19-9-18-38(28-39)40-20-11-27-49-32-40)31-43(30-41)48-51-46(36-15-5-2-6-16-36)50-47(52-48)37-25-23-35(24-26-37)45-22-10-17-34-14-7-8-21-44(34)45/h1-32H. The fourth-order valence-electron chi connectivity index (χ4n) is 6.76. The average molecular weight is 665 g/mol. The van der Waals surface area contributed by atoms with E-state index in [0.29, 0.717) is 17.5 Å². The fourth-order valence-corrected chi connectivity index (χ4v) is 6.76. The summed E-state index contributed by atoms with van der Waals surface area (Å²) in [4.78, 5) is 19.6. The van der Waals surface area contributed by atoms with Crippen LogP contribution in [0.4, 0.5) is 0 Å². The van der Waals surface area contributed by atoms with Crippen molar-refractivity contribution >= 4 is 10.8 Å². The molecular formula is C48H32N4. The van der Waals surface area contributed by atoms with Gasteiger partial charge in [-0.1, -0.05) is 152 Å². The molecule has 0 aliphatic heterocycles. The maximum Gasteiger partial charge on any atom is 0.164 e. The largest absolute Gasteiger partial charge is 0.264 e. The van der Waals surface area contributed by atoms with Gasteiger partial charge in [-0.05, 0) is 80.0 Å². The first kappa shape index (κ1) is 31.0. The zero-order valence-electron chi connectivity index (χ0n) is 28.3. The molecule has 0 aliphatic rings. The lowest BCUT2D eigenvalue weighted by Gasteiger charge is -2.13. The van der Waals surface area contributed by atoms with Gasteiger partial charge in [-0.3, -0.25) is 4.98 Å². The van der Waals surface area contributed by atoms with Crippen LogP contribution in [0.2, 0.25) is 0 Å². The minimum atomic E-state index is 0.615. The summed E-state index contributed by atoms with van der Waals surface area (Å²) in [5.74, 6) is 1.87. The van der Waals surface area contributed by atoms with Crippen molar-refractivity contribution in [3.63, 3.8) is 0 Å². The Morgan fingerprint density at radius 1 is 0.288 bits per heavy atom. The van der Waals surface area contributed by atoms with Crippen LogP contribution in [-0.4, -0.2) is 19.9 Å². The van der Waals surface area contributed by atoms with E-state index in [4.69, 9.17) is 15.0 Å². The maximum absolute atomic E-state index is 5.16. The molecule has 9 rings (SSSR count). The number of nitrogens with zero attached hydrogens (tertiary/aromatic N) is 4. The van der Waals surface area contributed by atoms with Crippen LogP contribution in [0.3, 0.4) is 0 Å². The summed E-state index contributed by atoms with van der Waals surface area (Å²) >= 11 is 0. The summed E-state index contributed by atoms with van der Waals surface area (Å²) in [7, 11) is 0. The van der Waals surface area contributed by atoms with Crippen molar-refractivity contribution in [3.8, 4) is 78.7 Å². The summed E-state index contributed by atoms with van der Waals surface area (Å²) < 4.78 is 0. The second-order valence-electron chi connectivity index (χ2n) is 12.8. The molecule has 0 atom stereocenters. The van der Waals surface area contributed by atoms with Gasteiger partial charge in [0, 0.05) is 34.6 Å². The second kappa shape index (κ2) is 13.7. The van der Waals surface area contributed by atoms with Crippen molar-refractivity contribution in [2.24, 2.45) is 0 Å². The van der Waals surface area contributed by atoms with E-state index < -0.39 is 0 Å². The average Bonchev–Trinajstić information content (AvgIpc) is 3.24. The third kappa shape index (κ3) is 6.26. The molecule has 0 saturated carbocycles. The minimum Gasteiger partial charge on any atom is -0.264 e. The molecule has 2 aromatic heterocycles. The number of hydrogen-bond acceptors (Lipinski definition) is 4. The van der Waals surface area contributed by atoms with Crippen molar-refractivity contribution < 1.29 is 0 Å². The molecular weight excluding hydrogens is 633 g/mol. The number of aromatic nitrogens is 4. The smallest absolute Gasteiger partial charge is 0.164 e. The number of rotatable bonds is 7. The molecule has 4 nitrogen and oxygen atoms in total. The van der Waals surface area contributed by atoms with Crippen molar-refractivity contribution in [1.29, 1.82) is 0 Å². The van der Waals surface area contributed by atoms with E-state index in [1.165, 1.54) is 16.3 Å². The van der Waals surface area contributed by atoms with Gasteiger partial charge in [0.1, 0.15) is 0 Å². The Morgan fingerprint density at radius 3 is 1.48 bits per heavy atom. The van der Waals surface area contributed by atoms with E-state index in [-0.39, 0.29) is 0 Å². The molecule has 2 heterocycles. The summed E-state index contributed by atoms with van der Waals surface area (Å²) in [5.41, 5.74) is 11.7. The second-order valence-corrected chi connectivity index (χ2v) is 12.8. The third-order valence-corrected chi connectivity index (χ3v) is 9.40. The molecule has 0 unspecified atom stereocenters. The van der Waals surface area contributed by atoms with Crippen LogP contribution >= 0.6 is 0 Å². The molecule has 0 amide bonds. The molecule has 0 bridgehead atoms. The van der Waals surface area contributed by atoms with Crippen LogP contribution in [0.5, 0.6) is 0 Å². The summed E-state index contributed by atoms with van der Waals surface area (Å²) in [6, 6.07) is 63.3. The minimum absolute atomic E-state index is 0.615. The van der Waals surface area contributed by atoms with Gasteiger partial charge in [0.2, 0.25) is 0 Å². The molecule has 52 heavy (non-hydrogen) atoms. The summed E-state index contributed by atoms with van der Waals surface area (Å²) in [5, 5.41) is 2.45. The molecule has 9 aromatic rings. The molecule has 0 fully saturated rings. The van der Waals surface area contributed by atoms with E-state index >= 15 is 0 Å². The number of pyridine rings is 1. The lowest BCUT2D eigenvalue weighted by Crippen LogP contribution is -2.00. The fraction of sp³-hybridized carbons (Fsp3) is 0. The lowest BCUT2D eigenvalue weighted by atomic mass is 9.94. The third-order valence-electron chi connectivity index (χ3n) is 9.40. The van der Waals surface area contributed by atoms with E-state index in [0.717, 1.165) is 55.6 Å². The Hall–Kier alpha value is -7.04. The summed E-state index contributed by atoms with van der Waals surface area (Å²) in [6.45, 7) is 0. The van der Waals surface area contributed by atoms with Crippen molar-refractivity contribution in [2.75, 3.05) is 0 Å². The van der Waals surface area contributed by atoms with Gasteiger partial charge in [-0.15, -0.1) is 0 Å². The number of benzene rings is 7. The number of fused-ring (bicyclic) bond motifs is 1. The molecule has 0 radical (unpaired) electrons. The highest BCUT2D eigenvalue weighted by Crippen LogP contribution is 2.35. The van der Waals surface area contributed by atoms with Crippen LogP contribution in [0.25, 0.3) is 89.4 Å². The van der Waals surface area contributed by atoms with Crippen molar-refractivity contribution in [3.05, 3.63) is 194 Å². The number of hydrogen-bond donors (Lipinski definition) is 0. The Labute approximate surface area is 302 Å². The van der Waals surface area contributed by atoms with Crippen LogP contribution in [0.1, 0.15) is 0 Å². The van der Waals surface area contributed by atoms with Gasteiger partial charge in [-0.2, -0.15) is 0 Å². The normalized spacial score (nSPS) is 11.1. The van der Waals surface area contributed by atoms with Gasteiger partial charge < -0.3 is 0 Å². The monoisotopic (exact) mass is 664 g/mol. The Bertz CT molecular complexity index is 2650. The van der Waals surface area contributed by atoms with Gasteiger partial charge in [0.25, 0.3) is 0 Å². The first-order valence-electron chi connectivity index (χ1n) is 17.4. The molecule has 7 aromatic carbocycles. The first-order valence-corrected chi connectivity index (χ1v) is 17.4. The maximum atomic E-state index is 5.16. The Morgan fingerprint density at radius 2 is 0.769 bits per heavy atom.